The molecule has 1 aliphatic heterocycles. The van der Waals surface area contributed by atoms with Crippen LogP contribution in [-0.4, -0.2) is 43.5 Å². The Morgan fingerprint density at radius 3 is 2.63 bits per heavy atom. The highest BCUT2D eigenvalue weighted by atomic mass is 79.9. The Labute approximate surface area is 271 Å². The quantitative estimate of drug-likeness (QED) is 0.242. The molecule has 7 rings (SSSR count). The summed E-state index contributed by atoms with van der Waals surface area (Å²) in [5, 5.41) is 12.4. The molecule has 0 atom stereocenters. The van der Waals surface area contributed by atoms with E-state index < -0.39 is 5.91 Å². The van der Waals surface area contributed by atoms with Crippen LogP contribution in [-0.2, 0) is 19.6 Å². The minimum Gasteiger partial charge on any atom is -0.490 e. The fourth-order valence-electron chi connectivity index (χ4n) is 5.58. The molecule has 0 bridgehead atoms. The number of nitrogens with zero attached hydrogens (tertiary/aromatic N) is 5. The zero-order valence-electron chi connectivity index (χ0n) is 24.5. The molecule has 0 radical (unpaired) electrons. The van der Waals surface area contributed by atoms with Gasteiger partial charge in [-0.15, -0.1) is 0 Å². The second kappa shape index (κ2) is 12.2. The van der Waals surface area contributed by atoms with E-state index in [4.69, 9.17) is 9.15 Å². The maximum atomic E-state index is 14.1. The Morgan fingerprint density at radius 1 is 1.09 bits per heavy atom. The first kappa shape index (κ1) is 29.3. The molecule has 5 aromatic rings. The average Bonchev–Trinajstić information content (AvgIpc) is 3.62. The standard InChI is InChI=1S/C34H27BrN6O5/c35-28-12-5-21(17-23(28)18-36)33(43)39-14-15-40-29(20-39)30(41(34(40)44)24-6-8-25(9-7-24)46-26-10-11-26)31(42)38-19-22-3-1-2-4-27(22)32-37-13-16-45-32/h1-9,12-13,16-17,26H,10-11,14-15,19-20H2,(H,38,42). The second-order valence-corrected chi connectivity index (χ2v) is 11.9. The summed E-state index contributed by atoms with van der Waals surface area (Å²) in [6, 6.07) is 21.5. The fourth-order valence-corrected chi connectivity index (χ4v) is 5.92. The number of halogens is 1. The molecule has 46 heavy (non-hydrogen) atoms. The molecule has 1 aliphatic carbocycles. The van der Waals surface area contributed by atoms with Crippen molar-refractivity contribution in [2.24, 2.45) is 0 Å². The Balaban J connectivity index is 1.24. The van der Waals surface area contributed by atoms with Crippen LogP contribution < -0.4 is 15.7 Å². The van der Waals surface area contributed by atoms with Crippen LogP contribution >= 0.6 is 15.9 Å². The van der Waals surface area contributed by atoms with Gasteiger partial charge in [-0.2, -0.15) is 5.26 Å². The van der Waals surface area contributed by atoms with E-state index in [0.717, 1.165) is 24.0 Å². The van der Waals surface area contributed by atoms with E-state index in [2.05, 4.69) is 32.3 Å². The van der Waals surface area contributed by atoms with Crippen molar-refractivity contribution < 1.29 is 18.7 Å². The number of fused-ring (bicyclic) bond motifs is 1. The van der Waals surface area contributed by atoms with Crippen LogP contribution in [0.25, 0.3) is 17.1 Å². The highest BCUT2D eigenvalue weighted by molar-refractivity contribution is 9.10. The molecule has 1 fully saturated rings. The summed E-state index contributed by atoms with van der Waals surface area (Å²) in [4.78, 5) is 47.4. The number of nitrogens with one attached hydrogen (secondary N) is 1. The van der Waals surface area contributed by atoms with Crippen molar-refractivity contribution in [2.45, 2.75) is 38.6 Å². The van der Waals surface area contributed by atoms with Crippen LogP contribution in [0.5, 0.6) is 5.75 Å². The highest BCUT2D eigenvalue weighted by Gasteiger charge is 2.32. The molecule has 2 aliphatic rings. The zero-order chi connectivity index (χ0) is 31.8. The molecular weight excluding hydrogens is 652 g/mol. The van der Waals surface area contributed by atoms with Crippen LogP contribution in [0.3, 0.4) is 0 Å². The molecule has 2 amide bonds. The topological polar surface area (TPSA) is 135 Å². The maximum absolute atomic E-state index is 14.1. The van der Waals surface area contributed by atoms with Crippen molar-refractivity contribution in [3.63, 3.8) is 0 Å². The van der Waals surface area contributed by atoms with Crippen molar-refractivity contribution in [1.82, 2.24) is 24.3 Å². The van der Waals surface area contributed by atoms with Crippen LogP contribution in [0.2, 0.25) is 0 Å². The summed E-state index contributed by atoms with van der Waals surface area (Å²) in [6.07, 6.45) is 5.30. The van der Waals surface area contributed by atoms with Gasteiger partial charge in [0.05, 0.1) is 35.8 Å². The summed E-state index contributed by atoms with van der Waals surface area (Å²) in [5.41, 5.74) is 2.88. The van der Waals surface area contributed by atoms with Gasteiger partial charge in [0.1, 0.15) is 23.8 Å². The predicted octanol–water partition coefficient (Wildman–Crippen LogP) is 5.06. The zero-order valence-corrected chi connectivity index (χ0v) is 26.1. The van der Waals surface area contributed by atoms with E-state index in [9.17, 15) is 19.6 Å². The third kappa shape index (κ3) is 5.61. The van der Waals surface area contributed by atoms with Crippen LogP contribution in [0.1, 0.15) is 50.5 Å². The van der Waals surface area contributed by atoms with Crippen LogP contribution in [0.15, 0.2) is 92.9 Å². The van der Waals surface area contributed by atoms with Crippen molar-refractivity contribution >= 4 is 27.7 Å². The first-order chi connectivity index (χ1) is 22.4. The Bertz CT molecular complexity index is 2050. The normalized spacial score (nSPS) is 14.0. The SMILES string of the molecule is N#Cc1cc(C(=O)N2CCn3c(c(C(=O)NCc4ccccc4-c4ncco4)n(-c4ccc(OC5CC5)cc4)c3=O)C2)ccc1Br. The summed E-state index contributed by atoms with van der Waals surface area (Å²) >= 11 is 3.33. The average molecular weight is 680 g/mol. The number of rotatable bonds is 8. The molecule has 3 aromatic carbocycles. The van der Waals surface area contributed by atoms with Gasteiger partial charge in [-0.3, -0.25) is 18.7 Å². The van der Waals surface area contributed by atoms with Crippen LogP contribution in [0, 0.1) is 11.3 Å². The molecule has 0 saturated heterocycles. The number of nitriles is 1. The van der Waals surface area contributed by atoms with Crippen LogP contribution in [0.4, 0.5) is 0 Å². The van der Waals surface area contributed by atoms with E-state index in [1.165, 1.54) is 16.9 Å². The number of ether oxygens (including phenoxy) is 1. The van der Waals surface area contributed by atoms with E-state index in [-0.39, 0.29) is 49.6 Å². The second-order valence-electron chi connectivity index (χ2n) is 11.1. The molecule has 12 heteroatoms. The van der Waals surface area contributed by atoms with Gasteiger partial charge in [-0.25, -0.2) is 9.78 Å². The number of carbonyl (C=O) groups is 2. The van der Waals surface area contributed by atoms with Gasteiger partial charge in [0.25, 0.3) is 11.8 Å². The lowest BCUT2D eigenvalue weighted by Gasteiger charge is -2.28. The summed E-state index contributed by atoms with van der Waals surface area (Å²) in [6.45, 7) is 0.623. The Hall–Kier alpha value is -5.41. The van der Waals surface area contributed by atoms with E-state index in [1.807, 2.05) is 24.3 Å². The van der Waals surface area contributed by atoms with Crippen molar-refractivity contribution in [1.29, 1.82) is 5.26 Å². The van der Waals surface area contributed by atoms with E-state index >= 15 is 0 Å². The first-order valence-corrected chi connectivity index (χ1v) is 15.6. The van der Waals surface area contributed by atoms with E-state index in [1.54, 1.807) is 52.1 Å². The van der Waals surface area contributed by atoms with Gasteiger partial charge in [0.15, 0.2) is 0 Å². The number of imidazole rings is 1. The van der Waals surface area contributed by atoms with Gasteiger partial charge in [-0.1, -0.05) is 18.2 Å². The summed E-state index contributed by atoms with van der Waals surface area (Å²) in [5.74, 6) is 0.345. The lowest BCUT2D eigenvalue weighted by Crippen LogP contribution is -2.41. The monoisotopic (exact) mass is 678 g/mol. The number of oxazole rings is 1. The largest absolute Gasteiger partial charge is 0.490 e. The lowest BCUT2D eigenvalue weighted by molar-refractivity contribution is 0.0706. The molecule has 0 spiro atoms. The van der Waals surface area contributed by atoms with Gasteiger partial charge < -0.3 is 19.4 Å². The number of hydrogen-bond donors (Lipinski definition) is 1. The molecule has 2 aromatic heterocycles. The van der Waals surface area contributed by atoms with Crippen molar-refractivity contribution in [3.05, 3.63) is 122 Å². The fraction of sp³-hybridized carbons (Fsp3) is 0.206. The molecule has 0 unspecified atom stereocenters. The molecule has 11 nitrogen and oxygen atoms in total. The van der Waals surface area contributed by atoms with Gasteiger partial charge in [-0.05, 0) is 82.9 Å². The molecular formula is C34H27BrN6O5. The minimum absolute atomic E-state index is 0.0254. The maximum Gasteiger partial charge on any atom is 0.333 e. The third-order valence-electron chi connectivity index (χ3n) is 8.06. The van der Waals surface area contributed by atoms with Crippen molar-refractivity contribution in [2.75, 3.05) is 6.54 Å². The van der Waals surface area contributed by atoms with Gasteiger partial charge in [0.2, 0.25) is 5.89 Å². The third-order valence-corrected chi connectivity index (χ3v) is 8.75. The van der Waals surface area contributed by atoms with Gasteiger partial charge >= 0.3 is 5.69 Å². The lowest BCUT2D eigenvalue weighted by atomic mass is 10.1. The Morgan fingerprint density at radius 2 is 1.89 bits per heavy atom. The molecule has 230 valence electrons. The summed E-state index contributed by atoms with van der Waals surface area (Å²) in [7, 11) is 0. The number of hydrogen-bond acceptors (Lipinski definition) is 7. The molecule has 1 N–H and O–H groups in total. The Kier molecular flexibility index (Phi) is 7.76. The van der Waals surface area contributed by atoms with Gasteiger partial charge in [0, 0.05) is 35.2 Å². The molecule has 3 heterocycles. The number of benzene rings is 3. The minimum atomic E-state index is -0.476. The number of amides is 2. The van der Waals surface area contributed by atoms with Crippen molar-refractivity contribution in [3.8, 4) is 29.0 Å². The number of aromatic nitrogens is 3. The first-order valence-electron chi connectivity index (χ1n) is 14.8. The number of carbonyl (C=O) groups excluding carboxylic acids is 2. The predicted molar refractivity (Wildman–Crippen MR) is 170 cm³/mol. The highest BCUT2D eigenvalue weighted by Crippen LogP contribution is 2.29. The van der Waals surface area contributed by atoms with E-state index in [0.29, 0.717) is 38.6 Å². The molecule has 1 saturated carbocycles. The summed E-state index contributed by atoms with van der Waals surface area (Å²) < 4.78 is 14.9. The smallest absolute Gasteiger partial charge is 0.333 e.